The number of likely N-dealkylation sites (tertiary alicyclic amines) is 1. The molecule has 0 aromatic carbocycles. The van der Waals surface area contributed by atoms with Gasteiger partial charge in [0.05, 0.1) is 6.10 Å². The van der Waals surface area contributed by atoms with Gasteiger partial charge in [0.2, 0.25) is 0 Å². The number of rotatable bonds is 4. The van der Waals surface area contributed by atoms with E-state index in [9.17, 15) is 9.90 Å². The van der Waals surface area contributed by atoms with E-state index in [0.717, 1.165) is 23.4 Å². The van der Waals surface area contributed by atoms with E-state index in [4.69, 9.17) is 0 Å². The number of aliphatic hydroxyl groups is 1. The highest BCUT2D eigenvalue weighted by atomic mass is 32.1. The third-order valence-electron chi connectivity index (χ3n) is 4.94. The molecule has 0 unspecified atom stereocenters. The Bertz CT molecular complexity index is 670. The number of aromatic amines is 1. The molecule has 2 N–H and O–H groups in total. The number of thiophene rings is 1. The van der Waals surface area contributed by atoms with Crippen LogP contribution in [-0.4, -0.2) is 39.2 Å². The van der Waals surface area contributed by atoms with Crippen molar-refractivity contribution in [3.8, 4) is 0 Å². The molecule has 2 aromatic heterocycles. The van der Waals surface area contributed by atoms with Crippen LogP contribution < -0.4 is 0 Å². The Balaban J connectivity index is 1.36. The van der Waals surface area contributed by atoms with Crippen LogP contribution in [0.5, 0.6) is 0 Å². The molecular formula is C17H21N3O2S. The van der Waals surface area contributed by atoms with Crippen molar-refractivity contribution in [3.05, 3.63) is 39.8 Å². The van der Waals surface area contributed by atoms with Crippen molar-refractivity contribution in [1.82, 2.24) is 15.1 Å². The maximum atomic E-state index is 12.5. The van der Waals surface area contributed by atoms with Crippen molar-refractivity contribution < 1.29 is 9.90 Å². The number of carbonyl (C=O) groups is 1. The Labute approximate surface area is 139 Å². The lowest BCUT2D eigenvalue weighted by Crippen LogP contribution is -2.39. The maximum absolute atomic E-state index is 12.5. The molecule has 0 radical (unpaired) electrons. The maximum Gasteiger partial charge on any atom is 0.274 e. The highest BCUT2D eigenvalue weighted by Gasteiger charge is 2.31. The number of carbonyl (C=O) groups excluding carboxylic acids is 1. The minimum Gasteiger partial charge on any atom is -0.387 e. The predicted molar refractivity (Wildman–Crippen MR) is 88.5 cm³/mol. The molecule has 2 fully saturated rings. The van der Waals surface area contributed by atoms with Crippen molar-refractivity contribution >= 4 is 17.2 Å². The van der Waals surface area contributed by atoms with Crippen molar-refractivity contribution in [2.45, 2.75) is 37.7 Å². The first-order chi connectivity index (χ1) is 11.2. The number of aliphatic hydroxyl groups excluding tert-OH is 1. The first-order valence-corrected chi connectivity index (χ1v) is 9.16. The highest BCUT2D eigenvalue weighted by Crippen LogP contribution is 2.39. The molecule has 122 valence electrons. The fourth-order valence-corrected chi connectivity index (χ4v) is 4.13. The molecular weight excluding hydrogens is 310 g/mol. The van der Waals surface area contributed by atoms with Crippen molar-refractivity contribution in [3.63, 3.8) is 0 Å². The molecule has 3 heterocycles. The fourth-order valence-electron chi connectivity index (χ4n) is 3.32. The molecule has 6 heteroatoms. The van der Waals surface area contributed by atoms with E-state index < -0.39 is 6.10 Å². The quantitative estimate of drug-likeness (QED) is 0.905. The predicted octanol–water partition coefficient (Wildman–Crippen LogP) is 2.93. The van der Waals surface area contributed by atoms with Gasteiger partial charge in [0, 0.05) is 29.6 Å². The minimum absolute atomic E-state index is 0.0113. The zero-order valence-electron chi connectivity index (χ0n) is 12.9. The smallest absolute Gasteiger partial charge is 0.274 e. The Morgan fingerprint density at radius 2 is 2.13 bits per heavy atom. The second-order valence-electron chi connectivity index (χ2n) is 6.57. The zero-order valence-corrected chi connectivity index (χ0v) is 13.8. The van der Waals surface area contributed by atoms with E-state index in [-0.39, 0.29) is 11.8 Å². The number of nitrogens with one attached hydrogen (secondary N) is 1. The lowest BCUT2D eigenvalue weighted by molar-refractivity contribution is 0.0470. The van der Waals surface area contributed by atoms with Crippen molar-refractivity contribution in [2.24, 2.45) is 5.92 Å². The van der Waals surface area contributed by atoms with Crippen molar-refractivity contribution in [2.75, 3.05) is 13.1 Å². The Kier molecular flexibility index (Phi) is 3.95. The second kappa shape index (κ2) is 6.09. The molecule has 0 bridgehead atoms. The Morgan fingerprint density at radius 3 is 2.78 bits per heavy atom. The summed E-state index contributed by atoms with van der Waals surface area (Å²) in [5.41, 5.74) is 1.63. The lowest BCUT2D eigenvalue weighted by Gasteiger charge is -2.33. The van der Waals surface area contributed by atoms with Crippen LogP contribution in [0.3, 0.4) is 0 Å². The van der Waals surface area contributed by atoms with Crippen LogP contribution in [0.2, 0.25) is 0 Å². The number of H-pyrrole nitrogens is 1. The van der Waals surface area contributed by atoms with Crippen LogP contribution in [0, 0.1) is 5.92 Å². The first kappa shape index (κ1) is 14.9. The molecule has 1 saturated heterocycles. The number of amides is 1. The average molecular weight is 331 g/mol. The van der Waals surface area contributed by atoms with Gasteiger partial charge < -0.3 is 10.0 Å². The van der Waals surface area contributed by atoms with Gasteiger partial charge in [-0.25, -0.2) is 0 Å². The third kappa shape index (κ3) is 3.05. The summed E-state index contributed by atoms with van der Waals surface area (Å²) in [5.74, 6) is 0.826. The number of nitrogens with zero attached hydrogens (tertiary/aromatic N) is 2. The summed E-state index contributed by atoms with van der Waals surface area (Å²) in [6.07, 6.45) is 3.66. The second-order valence-corrected chi connectivity index (χ2v) is 7.55. The van der Waals surface area contributed by atoms with E-state index in [1.165, 1.54) is 12.8 Å². The van der Waals surface area contributed by atoms with Gasteiger partial charge in [-0.2, -0.15) is 5.10 Å². The molecule has 1 atom stereocenters. The summed E-state index contributed by atoms with van der Waals surface area (Å²) in [7, 11) is 0. The van der Waals surface area contributed by atoms with Gasteiger partial charge in [-0.3, -0.25) is 9.89 Å². The summed E-state index contributed by atoms with van der Waals surface area (Å²) in [4.78, 5) is 15.4. The summed E-state index contributed by atoms with van der Waals surface area (Å²) >= 11 is 1.60. The Hall–Kier alpha value is -1.66. The number of hydrogen-bond donors (Lipinski definition) is 2. The van der Waals surface area contributed by atoms with E-state index in [0.29, 0.717) is 24.7 Å². The normalized spacial score (nSPS) is 20.7. The summed E-state index contributed by atoms with van der Waals surface area (Å²) in [6.45, 7) is 1.38. The highest BCUT2D eigenvalue weighted by molar-refractivity contribution is 7.10. The van der Waals surface area contributed by atoms with Gasteiger partial charge >= 0.3 is 0 Å². The van der Waals surface area contributed by atoms with Crippen LogP contribution in [-0.2, 0) is 0 Å². The van der Waals surface area contributed by atoms with E-state index in [2.05, 4.69) is 10.2 Å². The van der Waals surface area contributed by atoms with Crippen LogP contribution >= 0.6 is 11.3 Å². The van der Waals surface area contributed by atoms with Crippen LogP contribution in [0.4, 0.5) is 0 Å². The summed E-state index contributed by atoms with van der Waals surface area (Å²) < 4.78 is 0. The SMILES string of the molecule is O=C(c1cc(C2CC2)[nH]n1)N1CCC([C@@H](O)c2cccs2)CC1. The number of aromatic nitrogens is 2. The van der Waals surface area contributed by atoms with Gasteiger partial charge in [0.25, 0.3) is 5.91 Å². The van der Waals surface area contributed by atoms with Gasteiger partial charge in [0.15, 0.2) is 0 Å². The largest absolute Gasteiger partial charge is 0.387 e. The van der Waals surface area contributed by atoms with Gasteiger partial charge in [0.1, 0.15) is 5.69 Å². The molecule has 2 aliphatic rings. The first-order valence-electron chi connectivity index (χ1n) is 8.28. The van der Waals surface area contributed by atoms with E-state index in [1.807, 2.05) is 28.5 Å². The number of hydrogen-bond acceptors (Lipinski definition) is 4. The molecule has 23 heavy (non-hydrogen) atoms. The van der Waals surface area contributed by atoms with E-state index in [1.54, 1.807) is 11.3 Å². The fraction of sp³-hybridized carbons (Fsp3) is 0.529. The molecule has 4 rings (SSSR count). The average Bonchev–Trinajstić information content (AvgIpc) is 3.10. The zero-order chi connectivity index (χ0) is 15.8. The van der Waals surface area contributed by atoms with Gasteiger partial charge in [-0.05, 0) is 49.1 Å². The minimum atomic E-state index is -0.404. The van der Waals surface area contributed by atoms with Gasteiger partial charge in [-0.1, -0.05) is 6.07 Å². The molecule has 0 spiro atoms. The summed E-state index contributed by atoms with van der Waals surface area (Å²) in [6, 6.07) is 5.86. The monoisotopic (exact) mass is 331 g/mol. The van der Waals surface area contributed by atoms with Crippen LogP contribution in [0.15, 0.2) is 23.6 Å². The molecule has 2 aromatic rings. The molecule has 5 nitrogen and oxygen atoms in total. The van der Waals surface area contributed by atoms with Gasteiger partial charge in [-0.15, -0.1) is 11.3 Å². The van der Waals surface area contributed by atoms with Crippen molar-refractivity contribution in [1.29, 1.82) is 0 Å². The number of piperidine rings is 1. The molecule has 1 aliphatic heterocycles. The lowest BCUT2D eigenvalue weighted by atomic mass is 9.90. The Morgan fingerprint density at radius 1 is 1.35 bits per heavy atom. The van der Waals surface area contributed by atoms with Crippen LogP contribution in [0.25, 0.3) is 0 Å². The summed E-state index contributed by atoms with van der Waals surface area (Å²) in [5, 5.41) is 19.6. The standard InChI is InChI=1S/C17H21N3O2S/c21-16(15-2-1-9-23-15)12-5-7-20(8-6-12)17(22)14-10-13(18-19-14)11-3-4-11/h1-2,9-12,16,21H,3-8H2,(H,18,19)/t16-/m1/s1. The third-order valence-corrected chi connectivity index (χ3v) is 5.88. The molecule has 1 saturated carbocycles. The topological polar surface area (TPSA) is 69.2 Å². The van der Waals surface area contributed by atoms with Crippen LogP contribution in [0.1, 0.15) is 58.8 Å². The molecule has 1 amide bonds. The molecule has 1 aliphatic carbocycles. The van der Waals surface area contributed by atoms with E-state index >= 15 is 0 Å².